The van der Waals surface area contributed by atoms with Crippen molar-refractivity contribution in [3.8, 4) is 0 Å². The molecule has 116 heavy (non-hydrogen) atoms. The summed E-state index contributed by atoms with van der Waals surface area (Å²) in [5.74, 6) is -12.1. The molecule has 34 nitrogen and oxygen atoms in total. The van der Waals surface area contributed by atoms with Gasteiger partial charge in [0.1, 0.15) is 66.5 Å². The van der Waals surface area contributed by atoms with E-state index in [2.05, 4.69) is 79.8 Å². The number of benzene rings is 1. The number of aliphatic carboxylic acids is 1. The molecule has 7 aliphatic rings. The molecule has 4 aliphatic heterocycles. The number of fused-ring (bicyclic) bond motifs is 3. The molecule has 0 radical (unpaired) electrons. The van der Waals surface area contributed by atoms with Gasteiger partial charge in [0.25, 0.3) is 0 Å². The Kier molecular flexibility index (Phi) is 36.7. The van der Waals surface area contributed by atoms with Gasteiger partial charge in [0.05, 0.1) is 30.6 Å². The fourth-order valence-corrected chi connectivity index (χ4v) is 19.4. The van der Waals surface area contributed by atoms with Gasteiger partial charge in [-0.25, -0.2) is 0 Å². The molecule has 36 heteroatoms. The third kappa shape index (κ3) is 28.5. The molecule has 1 spiro atoms. The summed E-state index contributed by atoms with van der Waals surface area (Å²) in [5, 5.41) is 98.4. The van der Waals surface area contributed by atoms with E-state index in [1.54, 1.807) is 27.7 Å². The molecule has 1 aromatic rings. The molecule has 17 atom stereocenters. The highest BCUT2D eigenvalue weighted by Gasteiger charge is 2.55. The molecule has 650 valence electrons. The molecule has 3 saturated carbocycles. The lowest BCUT2D eigenvalue weighted by Gasteiger charge is -2.39. The summed E-state index contributed by atoms with van der Waals surface area (Å²) in [6.07, 6.45) is 4.18. The number of amides is 12. The Hall–Kier alpha value is -7.29. The van der Waals surface area contributed by atoms with Crippen LogP contribution in [0.1, 0.15) is 214 Å². The summed E-state index contributed by atoms with van der Waals surface area (Å²) in [6, 6.07) is -9.45. The molecule has 12 amide bonds. The summed E-state index contributed by atoms with van der Waals surface area (Å²) in [6.45, 7) is 12.0. The number of rotatable bonds is 17. The Labute approximate surface area is 688 Å². The molecule has 4 unspecified atom stereocenters. The SMILES string of the molecule is CCC[C@@H]1NC(=O)[C@H](CC2CCC(O)CC2)NC(=O)[C@H](CCC(=O)O)NC(=O)[C@H](CC2C3CCCNC3NC23CCCCCC3)NC(=O)[C@H]([C@@H](C)O)NC(=O)[C@H](CC2CNCN2)NC(=O)[C@H](CC2CCC(O)CC2)NC(=O)[C@H](C(C)(C)C)NC(=O)[C@@H](NC(C)=O)CSCc2cccc(c2)CSC[C@@H](C(N)=O)NC(=O)[C@H]([C@@H](C)O)NC1=O. The third-order valence-electron chi connectivity index (χ3n) is 23.9. The number of nitrogens with one attached hydrogen (secondary N) is 15. The number of thioether (sulfide) groups is 2. The van der Waals surface area contributed by atoms with E-state index in [1.165, 1.54) is 44.3 Å². The van der Waals surface area contributed by atoms with Crippen molar-refractivity contribution in [1.29, 1.82) is 0 Å². The maximum Gasteiger partial charge on any atom is 0.303 e. The van der Waals surface area contributed by atoms with Crippen molar-refractivity contribution in [2.45, 2.75) is 323 Å². The Morgan fingerprint density at radius 1 is 0.569 bits per heavy atom. The molecule has 6 fully saturated rings. The van der Waals surface area contributed by atoms with Crippen molar-refractivity contribution in [3.05, 3.63) is 35.4 Å². The van der Waals surface area contributed by atoms with Crippen LogP contribution in [0.2, 0.25) is 0 Å². The quantitative estimate of drug-likeness (QED) is 0.0917. The molecular formula is C80H130N16O18S2. The molecule has 1 aromatic carbocycles. The Morgan fingerprint density at radius 2 is 1.05 bits per heavy atom. The number of nitrogens with two attached hydrogens (primary N) is 1. The van der Waals surface area contributed by atoms with Crippen LogP contribution in [0, 0.1) is 29.1 Å². The number of primary amides is 1. The van der Waals surface area contributed by atoms with Crippen molar-refractivity contribution >= 4 is 100 Å². The van der Waals surface area contributed by atoms with Crippen LogP contribution in [0.25, 0.3) is 0 Å². The summed E-state index contributed by atoms with van der Waals surface area (Å²) in [4.78, 5) is 189. The van der Waals surface area contributed by atoms with Gasteiger partial charge in [0.15, 0.2) is 0 Å². The summed E-state index contributed by atoms with van der Waals surface area (Å²) in [5.41, 5.74) is 5.88. The summed E-state index contributed by atoms with van der Waals surface area (Å²) >= 11 is 2.56. The Balaban J connectivity index is 1.18. The van der Waals surface area contributed by atoms with Crippen LogP contribution in [0.4, 0.5) is 0 Å². The summed E-state index contributed by atoms with van der Waals surface area (Å²) in [7, 11) is 0. The minimum Gasteiger partial charge on any atom is -0.481 e. The van der Waals surface area contributed by atoms with Crippen molar-refractivity contribution in [2.24, 2.45) is 34.8 Å². The zero-order valence-corrected chi connectivity index (χ0v) is 69.9. The van der Waals surface area contributed by atoms with Crippen LogP contribution < -0.4 is 85.5 Å². The zero-order chi connectivity index (χ0) is 84.6. The molecule has 3 saturated heterocycles. The monoisotopic (exact) mass is 1670 g/mol. The van der Waals surface area contributed by atoms with Gasteiger partial charge >= 0.3 is 5.97 Å². The predicted molar refractivity (Wildman–Crippen MR) is 435 cm³/mol. The van der Waals surface area contributed by atoms with Crippen LogP contribution >= 0.6 is 23.5 Å². The number of hydrogen-bond acceptors (Lipinski definition) is 23. The van der Waals surface area contributed by atoms with Crippen molar-refractivity contribution in [3.63, 3.8) is 0 Å². The zero-order valence-electron chi connectivity index (χ0n) is 68.3. The second kappa shape index (κ2) is 45.2. The second-order valence-corrected chi connectivity index (χ2v) is 36.4. The van der Waals surface area contributed by atoms with Crippen LogP contribution in [-0.4, -0.2) is 242 Å². The predicted octanol–water partition coefficient (Wildman–Crippen LogP) is -0.703. The highest BCUT2D eigenvalue weighted by Crippen LogP contribution is 2.48. The van der Waals surface area contributed by atoms with Crippen LogP contribution in [0.3, 0.4) is 0 Å². The summed E-state index contributed by atoms with van der Waals surface area (Å²) < 4.78 is 0. The first-order chi connectivity index (χ1) is 55.1. The average molecular weight is 1670 g/mol. The number of carboxylic acids is 1. The minimum atomic E-state index is -1.84. The van der Waals surface area contributed by atoms with Crippen LogP contribution in [0.5, 0.6) is 0 Å². The Bertz CT molecular complexity index is 3510. The molecule has 0 aromatic heterocycles. The number of piperidine rings is 1. The molecule has 8 rings (SSSR count). The van der Waals surface area contributed by atoms with Crippen molar-refractivity contribution in [2.75, 3.05) is 31.3 Å². The van der Waals surface area contributed by atoms with E-state index in [0.29, 0.717) is 76.1 Å². The molecular weight excluding hydrogens is 1540 g/mol. The van der Waals surface area contributed by atoms with Gasteiger partial charge in [-0.2, -0.15) is 23.5 Å². The number of carbonyl (C=O) groups is 13. The van der Waals surface area contributed by atoms with E-state index in [0.717, 1.165) is 69.0 Å². The number of carbonyl (C=O) groups excluding carboxylic acids is 12. The highest BCUT2D eigenvalue weighted by molar-refractivity contribution is 7.98. The number of aliphatic hydroxyl groups is 4. The van der Waals surface area contributed by atoms with E-state index in [1.807, 2.05) is 24.3 Å². The fraction of sp³-hybridized carbons (Fsp3) is 0.762. The molecule has 2 bridgehead atoms. The smallest absolute Gasteiger partial charge is 0.303 e. The van der Waals surface area contributed by atoms with Gasteiger partial charge in [-0.3, -0.25) is 67.6 Å². The largest absolute Gasteiger partial charge is 0.481 e. The molecule has 3 aliphatic carbocycles. The lowest BCUT2D eigenvalue weighted by Crippen LogP contribution is -2.63. The maximum absolute atomic E-state index is 15.7. The first-order valence-corrected chi connectivity index (χ1v) is 44.1. The normalized spacial score (nSPS) is 32.8. The topological polar surface area (TPSA) is 530 Å². The molecule has 22 N–H and O–H groups in total. The van der Waals surface area contributed by atoms with E-state index >= 15 is 33.6 Å². The van der Waals surface area contributed by atoms with Crippen molar-refractivity contribution in [1.82, 2.24) is 79.8 Å². The molecule has 4 heterocycles. The van der Waals surface area contributed by atoms with Gasteiger partial charge in [-0.1, -0.05) is 84.1 Å². The minimum absolute atomic E-state index is 0.0310. The standard InChI is InChI=1S/C80H130N16O18S2/c1-8-15-55-70(106)93-65(44(3)98)77(113)92-61(67(81)104)40-115-38-48-16-13-17-49(32-48)39-116-41-62(85-45(4)99)75(111)95-66(79(5,6)7)78(114)91-58(34-47-21-25-52(101)26-22-47)72(108)89-59(35-50-37-82-42-84-50)74(110)94-64(43(2)97)76(112)90-60(36-54-53-18-14-31-83-68(53)96-80(54)29-11-9-10-12-30-80)73(109)87-56(27-28-63(102)103)69(105)88-57(71(107)86-55)33-46-19-23-51(100)24-20-46/h13,16-17,32,43-44,46-47,50-62,64-66,68,82-84,96-98,100-101H,8-12,14-15,18-31,33-42H2,1-7H3,(H2,81,104)(H,85,99)(H,86,107)(H,87,109)(H,88,105)(H,89,108)(H,90,112)(H,91,114)(H,92,113)(H,93,106)(H,94,110)(H,95,111)(H,102,103)/t43-,44-,46?,47?,50?,51?,52?,53?,54?,55+,56+,57+,58+,59+,60+,61+,62+,64+,65+,66-,68?/m1/s1. The number of hydrogen-bond donors (Lipinski definition) is 21. The van der Waals surface area contributed by atoms with Gasteiger partial charge in [-0.05, 0) is 176 Å². The lowest BCUT2D eigenvalue weighted by atomic mass is 9.70. The Morgan fingerprint density at radius 3 is 1.56 bits per heavy atom. The first-order valence-electron chi connectivity index (χ1n) is 41.8. The van der Waals surface area contributed by atoms with Crippen LogP contribution in [0.15, 0.2) is 24.3 Å². The van der Waals surface area contributed by atoms with E-state index in [9.17, 15) is 54.3 Å². The van der Waals surface area contributed by atoms with E-state index < -0.39 is 198 Å². The van der Waals surface area contributed by atoms with Gasteiger partial charge < -0.3 is 106 Å². The first kappa shape index (κ1) is 94.2. The van der Waals surface area contributed by atoms with E-state index in [4.69, 9.17) is 5.73 Å². The third-order valence-corrected chi connectivity index (χ3v) is 26.1. The number of carboxylic acid groups (broad SMARTS) is 1. The average Bonchev–Trinajstić information content (AvgIpc) is 1.60. The van der Waals surface area contributed by atoms with E-state index in [-0.39, 0.29) is 79.9 Å². The highest BCUT2D eigenvalue weighted by atomic mass is 32.2. The van der Waals surface area contributed by atoms with Crippen molar-refractivity contribution < 1.29 is 87.9 Å². The van der Waals surface area contributed by atoms with Gasteiger partial charge in [0.2, 0.25) is 70.9 Å². The maximum atomic E-state index is 15.7. The lowest BCUT2D eigenvalue weighted by molar-refractivity contribution is -0.139. The second-order valence-electron chi connectivity index (χ2n) is 34.3. The van der Waals surface area contributed by atoms with Crippen LogP contribution in [-0.2, 0) is 73.8 Å². The van der Waals surface area contributed by atoms with Gasteiger partial charge in [0, 0.05) is 61.2 Å². The fourth-order valence-electron chi connectivity index (χ4n) is 17.4. The van der Waals surface area contributed by atoms with Gasteiger partial charge in [-0.15, -0.1) is 0 Å². The number of aliphatic hydroxyl groups excluding tert-OH is 4.